The molecule has 3 heterocycles. The number of aryl methyl sites for hydroxylation is 1. The predicted octanol–water partition coefficient (Wildman–Crippen LogP) is 9.92. The molecule has 3 aromatic heterocycles. The fraction of sp³-hybridized carbons (Fsp3) is 0.100. The zero-order chi connectivity index (χ0) is 33.0. The van der Waals surface area contributed by atoms with Gasteiger partial charge in [-0.3, -0.25) is 0 Å². The van der Waals surface area contributed by atoms with Crippen molar-refractivity contribution < 1.29 is 29.9 Å². The van der Waals surface area contributed by atoms with Gasteiger partial charge in [-0.05, 0) is 58.3 Å². The van der Waals surface area contributed by atoms with Gasteiger partial charge in [-0.25, -0.2) is 14.1 Å². The van der Waals surface area contributed by atoms with E-state index in [9.17, 15) is 0 Å². The number of hydrogen-bond donors (Lipinski definition) is 0. The van der Waals surface area contributed by atoms with E-state index >= 15 is 0 Å². The molecule has 6 heteroatoms. The molecule has 0 fully saturated rings. The van der Waals surface area contributed by atoms with Gasteiger partial charge in [-0.1, -0.05) is 67.9 Å². The minimum absolute atomic E-state index is 0. The molecule has 8 rings (SSSR count). The third kappa shape index (κ3) is 5.11. The number of hydrogen-bond acceptors (Lipinski definition) is 2. The maximum atomic E-state index is 8.03. The first kappa shape index (κ1) is 26.2. The molecule has 8 aromatic rings. The molecule has 0 aliphatic carbocycles. The Hall–Kier alpha value is -4.99. The van der Waals surface area contributed by atoms with E-state index in [1.54, 1.807) is 12.4 Å². The van der Waals surface area contributed by atoms with Crippen LogP contribution in [-0.4, -0.2) is 18.7 Å². The molecule has 5 nitrogen and oxygen atoms in total. The first-order valence-electron chi connectivity index (χ1n) is 16.5. The molecular weight excluding hydrogens is 748 g/mol. The fourth-order valence-electron chi connectivity index (χ4n) is 6.20. The van der Waals surface area contributed by atoms with E-state index in [-0.39, 0.29) is 21.1 Å². The van der Waals surface area contributed by atoms with Gasteiger partial charge in [0, 0.05) is 73.2 Å². The van der Waals surface area contributed by atoms with E-state index in [1.165, 1.54) is 15.7 Å². The molecule has 0 aliphatic rings. The molecule has 46 heavy (non-hydrogen) atoms. The number of ether oxygens (including phenoxy) is 1. The van der Waals surface area contributed by atoms with Crippen LogP contribution in [0.15, 0.2) is 128 Å². The summed E-state index contributed by atoms with van der Waals surface area (Å²) in [5.41, 5.74) is 7.48. The molecule has 5 aromatic carbocycles. The molecular formula is C40H31N4OPt-. The number of aromatic nitrogens is 4. The number of rotatable bonds is 6. The van der Waals surface area contributed by atoms with Crippen molar-refractivity contribution in [1.29, 1.82) is 0 Å². The van der Waals surface area contributed by atoms with Crippen molar-refractivity contribution in [2.75, 3.05) is 0 Å². The summed E-state index contributed by atoms with van der Waals surface area (Å²) >= 11 is 0. The van der Waals surface area contributed by atoms with E-state index in [4.69, 9.17) is 13.8 Å². The fourth-order valence-corrected chi connectivity index (χ4v) is 6.20. The van der Waals surface area contributed by atoms with Crippen LogP contribution in [0.2, 0.25) is 0 Å². The minimum atomic E-state index is -2.33. The molecule has 0 N–H and O–H groups in total. The van der Waals surface area contributed by atoms with Crippen molar-refractivity contribution in [2.45, 2.75) is 19.8 Å². The molecule has 0 amide bonds. The molecule has 0 aliphatic heterocycles. The summed E-state index contributed by atoms with van der Waals surface area (Å²) in [5.74, 6) is 2.18. The summed E-state index contributed by atoms with van der Waals surface area (Å²) < 4.78 is 35.7. The quantitative estimate of drug-likeness (QED) is 0.158. The summed E-state index contributed by atoms with van der Waals surface area (Å²) in [6.45, 7) is 2.10. The molecule has 0 saturated carbocycles. The van der Waals surface area contributed by atoms with E-state index < -0.39 is 6.98 Å². The van der Waals surface area contributed by atoms with Crippen molar-refractivity contribution in [1.82, 2.24) is 18.7 Å². The summed E-state index contributed by atoms with van der Waals surface area (Å²) in [7, 11) is 0. The second-order valence-electron chi connectivity index (χ2n) is 11.4. The summed E-state index contributed by atoms with van der Waals surface area (Å²) in [6, 6.07) is 44.8. The van der Waals surface area contributed by atoms with Crippen LogP contribution >= 0.6 is 0 Å². The number of para-hydroxylation sites is 3. The van der Waals surface area contributed by atoms with Gasteiger partial charge >= 0.3 is 0 Å². The first-order chi connectivity index (χ1) is 23.3. The number of imidazole rings is 1. The second kappa shape index (κ2) is 12.1. The van der Waals surface area contributed by atoms with Gasteiger partial charge < -0.3 is 9.30 Å². The van der Waals surface area contributed by atoms with Crippen molar-refractivity contribution in [3.8, 4) is 34.1 Å². The molecule has 0 atom stereocenters. The molecule has 0 bridgehead atoms. The summed E-state index contributed by atoms with van der Waals surface area (Å²) in [6.07, 6.45) is 3.45. The topological polar surface area (TPSA) is 36.9 Å². The number of pyridine rings is 1. The van der Waals surface area contributed by atoms with Gasteiger partial charge in [0.1, 0.15) is 5.82 Å². The van der Waals surface area contributed by atoms with Gasteiger partial charge in [0.05, 0.1) is 0 Å². The predicted molar refractivity (Wildman–Crippen MR) is 182 cm³/mol. The normalized spacial score (nSPS) is 12.6. The van der Waals surface area contributed by atoms with Crippen LogP contribution < -0.4 is 4.74 Å². The van der Waals surface area contributed by atoms with Crippen LogP contribution in [0.25, 0.3) is 55.5 Å². The number of benzene rings is 5. The third-order valence-corrected chi connectivity index (χ3v) is 8.29. The number of nitrogens with zero attached hydrogens (tertiary/aromatic N) is 4. The van der Waals surface area contributed by atoms with Gasteiger partial charge in [0.2, 0.25) is 0 Å². The second-order valence-corrected chi connectivity index (χ2v) is 11.4. The Morgan fingerprint density at radius 2 is 1.52 bits per heavy atom. The zero-order valence-corrected chi connectivity index (χ0v) is 27.5. The zero-order valence-electron chi connectivity index (χ0n) is 28.2. The van der Waals surface area contributed by atoms with E-state index in [2.05, 4.69) is 85.1 Å². The van der Waals surface area contributed by atoms with Gasteiger partial charge in [-0.15, -0.1) is 29.7 Å². The SMILES string of the molecule is [2H]C([2H])([2H])n1[cH+]n(-c2[c-]c(Oc3[c-]c4c(cc3)c3ccccc3n4-c3cc(-c4ccccc4C(C)C)ccn3)ccc2)c2ccccc21.[Pt]. The average molecular weight is 782 g/mol. The molecule has 0 unspecified atom stereocenters. The Morgan fingerprint density at radius 1 is 0.761 bits per heavy atom. The Balaban J connectivity index is 0.00000378. The molecule has 0 spiro atoms. The summed E-state index contributed by atoms with van der Waals surface area (Å²) in [5, 5.41) is 2.14. The maximum Gasteiger partial charge on any atom is 0.188 e. The first-order valence-corrected chi connectivity index (χ1v) is 15.0. The van der Waals surface area contributed by atoms with Gasteiger partial charge in [0.25, 0.3) is 0 Å². The largest absolute Gasteiger partial charge is 0.508 e. The Morgan fingerprint density at radius 3 is 2.37 bits per heavy atom. The summed E-state index contributed by atoms with van der Waals surface area (Å²) in [4.78, 5) is 4.84. The van der Waals surface area contributed by atoms with Crippen molar-refractivity contribution in [3.63, 3.8) is 0 Å². The maximum absolute atomic E-state index is 8.03. The van der Waals surface area contributed by atoms with Crippen LogP contribution in [0.3, 0.4) is 0 Å². The minimum Gasteiger partial charge on any atom is -0.508 e. The molecule has 0 radical (unpaired) electrons. The Bertz CT molecular complexity index is 2480. The van der Waals surface area contributed by atoms with E-state index in [0.29, 0.717) is 28.6 Å². The smallest absolute Gasteiger partial charge is 0.188 e. The van der Waals surface area contributed by atoms with Crippen LogP contribution in [0.5, 0.6) is 11.5 Å². The van der Waals surface area contributed by atoms with Gasteiger partial charge in [0.15, 0.2) is 17.4 Å². The van der Waals surface area contributed by atoms with Crippen LogP contribution in [-0.2, 0) is 28.0 Å². The van der Waals surface area contributed by atoms with Crippen molar-refractivity contribution in [3.05, 3.63) is 145 Å². The van der Waals surface area contributed by atoms with Gasteiger partial charge in [-0.2, -0.15) is 12.1 Å². The van der Waals surface area contributed by atoms with Crippen molar-refractivity contribution >= 4 is 32.8 Å². The average Bonchev–Trinajstić information content (AvgIpc) is 3.65. The third-order valence-electron chi connectivity index (χ3n) is 8.29. The van der Waals surface area contributed by atoms with E-state index in [1.807, 2.05) is 65.4 Å². The molecule has 228 valence electrons. The standard InChI is InChI=1S/C40H31N4O.Pt/c1-27(2)32-13-4-5-14-33(32)28-21-22-41-40(23-28)44-36-16-7-6-15-34(36)35-20-19-31(25-39(35)44)45-30-12-10-11-29(24-30)43-26-42(3)37-17-8-9-18-38(37)43;/h4-23,26-27H,1-3H3;/q-1;/i3D3;. The van der Waals surface area contributed by atoms with Crippen LogP contribution in [0.4, 0.5) is 0 Å². The Labute approximate surface area is 286 Å². The monoisotopic (exact) mass is 781 g/mol. The molecule has 0 saturated heterocycles. The Kier molecular flexibility index (Phi) is 6.89. The van der Waals surface area contributed by atoms with Crippen LogP contribution in [0, 0.1) is 12.1 Å². The van der Waals surface area contributed by atoms with Crippen molar-refractivity contribution in [2.24, 2.45) is 6.98 Å². The van der Waals surface area contributed by atoms with Crippen LogP contribution in [0.1, 0.15) is 29.4 Å². The number of fused-ring (bicyclic) bond motifs is 4. The van der Waals surface area contributed by atoms with E-state index in [0.717, 1.165) is 38.7 Å².